The van der Waals surface area contributed by atoms with Crippen LogP contribution in [-0.4, -0.2) is 5.78 Å². The van der Waals surface area contributed by atoms with Gasteiger partial charge in [-0.3, -0.25) is 4.79 Å². The minimum Gasteiger partial charge on any atom is -0.289 e. The molecule has 0 aliphatic carbocycles. The molecule has 0 atom stereocenters. The van der Waals surface area contributed by atoms with Crippen molar-refractivity contribution >= 4 is 5.78 Å². The van der Waals surface area contributed by atoms with Gasteiger partial charge in [0.15, 0.2) is 5.78 Å². The molecule has 2 aromatic carbocycles. The first-order valence-corrected chi connectivity index (χ1v) is 8.68. The second kappa shape index (κ2) is 6.20. The standard InChI is InChI=1S/C23H30O/c1-15-9-11-17(19(13-15)22(3,4)5)21(24)18-12-10-16(2)14-20(18)23(6,7)8/h9-14H,1-8H3. The molecule has 0 saturated carbocycles. The van der Waals surface area contributed by atoms with Crippen LogP contribution < -0.4 is 0 Å². The zero-order chi connectivity index (χ0) is 18.3. The number of ketones is 1. The summed E-state index contributed by atoms with van der Waals surface area (Å²) in [5.74, 6) is 0.129. The van der Waals surface area contributed by atoms with Crippen molar-refractivity contribution in [2.24, 2.45) is 0 Å². The normalized spacial score (nSPS) is 12.3. The Bertz CT molecular complexity index is 702. The van der Waals surface area contributed by atoms with E-state index in [0.29, 0.717) is 0 Å². The molecule has 1 heteroatoms. The third-order valence-electron chi connectivity index (χ3n) is 4.46. The van der Waals surface area contributed by atoms with E-state index in [1.807, 2.05) is 24.3 Å². The molecule has 0 unspecified atom stereocenters. The summed E-state index contributed by atoms with van der Waals surface area (Å²) in [6, 6.07) is 12.4. The van der Waals surface area contributed by atoms with Crippen molar-refractivity contribution in [3.05, 3.63) is 69.8 Å². The van der Waals surface area contributed by atoms with Gasteiger partial charge in [0.1, 0.15) is 0 Å². The number of carbonyl (C=O) groups excluding carboxylic acids is 1. The molecule has 0 fully saturated rings. The Morgan fingerprint density at radius 2 is 1.00 bits per heavy atom. The van der Waals surface area contributed by atoms with Gasteiger partial charge in [-0.05, 0) is 35.8 Å². The van der Waals surface area contributed by atoms with E-state index < -0.39 is 0 Å². The smallest absolute Gasteiger partial charge is 0.193 e. The summed E-state index contributed by atoms with van der Waals surface area (Å²) >= 11 is 0. The highest BCUT2D eigenvalue weighted by atomic mass is 16.1. The summed E-state index contributed by atoms with van der Waals surface area (Å²) in [7, 11) is 0. The van der Waals surface area contributed by atoms with Crippen molar-refractivity contribution < 1.29 is 4.79 Å². The highest BCUT2D eigenvalue weighted by Crippen LogP contribution is 2.32. The number of rotatable bonds is 2. The molecule has 0 heterocycles. The molecule has 24 heavy (non-hydrogen) atoms. The van der Waals surface area contributed by atoms with E-state index >= 15 is 0 Å². The van der Waals surface area contributed by atoms with Crippen molar-refractivity contribution in [3.8, 4) is 0 Å². The number of hydrogen-bond acceptors (Lipinski definition) is 1. The largest absolute Gasteiger partial charge is 0.289 e. The zero-order valence-corrected chi connectivity index (χ0v) is 16.4. The number of carbonyl (C=O) groups is 1. The fraction of sp³-hybridized carbons (Fsp3) is 0.435. The zero-order valence-electron chi connectivity index (χ0n) is 16.4. The van der Waals surface area contributed by atoms with Gasteiger partial charge < -0.3 is 0 Å². The van der Waals surface area contributed by atoms with Gasteiger partial charge in [0.05, 0.1) is 0 Å². The maximum absolute atomic E-state index is 13.4. The molecule has 0 amide bonds. The summed E-state index contributed by atoms with van der Waals surface area (Å²) in [6.07, 6.45) is 0. The van der Waals surface area contributed by atoms with Crippen LogP contribution in [0.3, 0.4) is 0 Å². The van der Waals surface area contributed by atoms with Gasteiger partial charge in [-0.25, -0.2) is 0 Å². The van der Waals surface area contributed by atoms with E-state index in [4.69, 9.17) is 0 Å². The molecule has 0 saturated heterocycles. The lowest BCUT2D eigenvalue weighted by molar-refractivity contribution is 0.103. The number of aryl methyl sites for hydroxylation is 2. The first-order valence-electron chi connectivity index (χ1n) is 8.68. The van der Waals surface area contributed by atoms with Gasteiger partial charge in [-0.1, -0.05) is 89.1 Å². The fourth-order valence-electron chi connectivity index (χ4n) is 3.10. The molecule has 0 radical (unpaired) electrons. The average Bonchev–Trinajstić information content (AvgIpc) is 2.44. The SMILES string of the molecule is Cc1ccc(C(=O)c2ccc(C)cc2C(C)(C)C)c(C(C)(C)C)c1. The summed E-state index contributed by atoms with van der Waals surface area (Å²) in [5, 5.41) is 0. The molecule has 128 valence electrons. The maximum Gasteiger partial charge on any atom is 0.193 e. The van der Waals surface area contributed by atoms with Crippen LogP contribution in [0.5, 0.6) is 0 Å². The summed E-state index contributed by atoms with van der Waals surface area (Å²) in [4.78, 5) is 13.4. The van der Waals surface area contributed by atoms with E-state index in [9.17, 15) is 4.79 Å². The van der Waals surface area contributed by atoms with Crippen LogP contribution >= 0.6 is 0 Å². The molecule has 1 nitrogen and oxygen atoms in total. The van der Waals surface area contributed by atoms with Crippen molar-refractivity contribution in [1.82, 2.24) is 0 Å². The van der Waals surface area contributed by atoms with E-state index in [1.54, 1.807) is 0 Å². The van der Waals surface area contributed by atoms with E-state index in [1.165, 1.54) is 11.1 Å². The van der Waals surface area contributed by atoms with Crippen LogP contribution in [0.15, 0.2) is 36.4 Å². The van der Waals surface area contributed by atoms with Gasteiger partial charge >= 0.3 is 0 Å². The fourth-order valence-corrected chi connectivity index (χ4v) is 3.10. The van der Waals surface area contributed by atoms with E-state index in [0.717, 1.165) is 22.3 Å². The second-order valence-corrected chi connectivity index (χ2v) is 8.93. The molecule has 0 aliphatic rings. The van der Waals surface area contributed by atoms with Gasteiger partial charge in [0.25, 0.3) is 0 Å². The quantitative estimate of drug-likeness (QED) is 0.608. The predicted octanol–water partition coefficient (Wildman–Crippen LogP) is 6.13. The lowest BCUT2D eigenvalue weighted by Crippen LogP contribution is -2.21. The monoisotopic (exact) mass is 322 g/mol. The Morgan fingerprint density at radius 3 is 1.29 bits per heavy atom. The predicted molar refractivity (Wildman–Crippen MR) is 103 cm³/mol. The van der Waals surface area contributed by atoms with Crippen molar-refractivity contribution in [3.63, 3.8) is 0 Å². The Kier molecular flexibility index (Phi) is 4.77. The minimum absolute atomic E-state index is 0.0659. The highest BCUT2D eigenvalue weighted by molar-refractivity contribution is 6.11. The molecular weight excluding hydrogens is 292 g/mol. The van der Waals surface area contributed by atoms with Gasteiger partial charge in [-0.15, -0.1) is 0 Å². The third-order valence-corrected chi connectivity index (χ3v) is 4.46. The Hall–Kier alpha value is -1.89. The molecule has 0 aliphatic heterocycles. The molecule has 0 bridgehead atoms. The molecule has 2 aromatic rings. The van der Waals surface area contributed by atoms with Crippen LogP contribution in [0, 0.1) is 13.8 Å². The molecule has 0 N–H and O–H groups in total. The lowest BCUT2D eigenvalue weighted by atomic mass is 9.77. The molecular formula is C23H30O. The van der Waals surface area contributed by atoms with E-state index in [-0.39, 0.29) is 16.6 Å². The van der Waals surface area contributed by atoms with Crippen molar-refractivity contribution in [2.45, 2.75) is 66.2 Å². The topological polar surface area (TPSA) is 17.1 Å². The molecule has 0 aromatic heterocycles. The Labute approximate surface area is 147 Å². The van der Waals surface area contributed by atoms with Gasteiger partial charge in [0.2, 0.25) is 0 Å². The van der Waals surface area contributed by atoms with Gasteiger partial charge in [0, 0.05) is 11.1 Å². The Morgan fingerprint density at radius 1 is 0.667 bits per heavy atom. The summed E-state index contributed by atoms with van der Waals surface area (Å²) in [5.41, 5.74) is 6.13. The highest BCUT2D eigenvalue weighted by Gasteiger charge is 2.26. The third kappa shape index (κ3) is 3.77. The summed E-state index contributed by atoms with van der Waals surface area (Å²) in [6.45, 7) is 17.1. The first-order chi connectivity index (χ1) is 10.9. The van der Waals surface area contributed by atoms with Crippen LogP contribution in [0.25, 0.3) is 0 Å². The van der Waals surface area contributed by atoms with Crippen LogP contribution in [0.1, 0.15) is 79.7 Å². The van der Waals surface area contributed by atoms with Crippen LogP contribution in [0.2, 0.25) is 0 Å². The average molecular weight is 322 g/mol. The van der Waals surface area contributed by atoms with Gasteiger partial charge in [-0.2, -0.15) is 0 Å². The van der Waals surface area contributed by atoms with Crippen molar-refractivity contribution in [2.75, 3.05) is 0 Å². The van der Waals surface area contributed by atoms with Crippen LogP contribution in [0.4, 0.5) is 0 Å². The van der Waals surface area contributed by atoms with E-state index in [2.05, 4.69) is 67.5 Å². The lowest BCUT2D eigenvalue weighted by Gasteiger charge is -2.26. The number of benzene rings is 2. The number of hydrogen-bond donors (Lipinski definition) is 0. The Balaban J connectivity index is 2.68. The summed E-state index contributed by atoms with van der Waals surface area (Å²) < 4.78 is 0. The second-order valence-electron chi connectivity index (χ2n) is 8.93. The molecule has 2 rings (SSSR count). The minimum atomic E-state index is -0.0659. The van der Waals surface area contributed by atoms with Crippen LogP contribution in [-0.2, 0) is 10.8 Å². The first kappa shape index (κ1) is 18.4. The maximum atomic E-state index is 13.4. The van der Waals surface area contributed by atoms with Crippen molar-refractivity contribution in [1.29, 1.82) is 0 Å². The molecule has 0 spiro atoms.